The lowest BCUT2D eigenvalue weighted by Crippen LogP contribution is -2.32. The predicted octanol–water partition coefficient (Wildman–Crippen LogP) is 2.49. The third-order valence-electron chi connectivity index (χ3n) is 3.62. The molecule has 22 heavy (non-hydrogen) atoms. The van der Waals surface area contributed by atoms with E-state index in [1.54, 1.807) is 12.1 Å². The van der Waals surface area contributed by atoms with E-state index < -0.39 is 12.1 Å². The van der Waals surface area contributed by atoms with E-state index in [2.05, 4.69) is 5.32 Å². The summed E-state index contributed by atoms with van der Waals surface area (Å²) in [6.45, 7) is 0.0771. The molecule has 0 unspecified atom stereocenters. The molecule has 5 heteroatoms. The lowest BCUT2D eigenvalue weighted by atomic mass is 10.1. The van der Waals surface area contributed by atoms with E-state index in [9.17, 15) is 14.0 Å². The fraction of sp³-hybridized carbons (Fsp3) is 0.176. The van der Waals surface area contributed by atoms with Gasteiger partial charge in [0.15, 0.2) is 0 Å². The van der Waals surface area contributed by atoms with Crippen LogP contribution in [0.1, 0.15) is 11.1 Å². The van der Waals surface area contributed by atoms with E-state index in [1.165, 1.54) is 12.1 Å². The fourth-order valence-corrected chi connectivity index (χ4v) is 2.53. The van der Waals surface area contributed by atoms with Crippen molar-refractivity contribution < 1.29 is 14.0 Å². The monoisotopic (exact) mass is 298 g/mol. The van der Waals surface area contributed by atoms with Gasteiger partial charge in [-0.1, -0.05) is 42.5 Å². The molecular formula is C17H15FN2O2. The minimum Gasteiger partial charge on any atom is -0.325 e. The Hall–Kier alpha value is -2.69. The maximum atomic E-state index is 13.2. The van der Waals surface area contributed by atoms with E-state index in [4.69, 9.17) is 0 Å². The zero-order valence-corrected chi connectivity index (χ0v) is 11.8. The molecule has 1 aliphatic rings. The molecule has 0 spiro atoms. The van der Waals surface area contributed by atoms with Crippen LogP contribution in [0.4, 0.5) is 9.18 Å². The number of urea groups is 1. The van der Waals surface area contributed by atoms with Crippen LogP contribution in [0.3, 0.4) is 0 Å². The standard InChI is InChI=1S/C17H15FN2O2/c18-14-8-4-7-13(9-14)11-20-16(21)15(19-17(20)22)10-12-5-2-1-3-6-12/h1-9,15H,10-11H2,(H,19,22)/t15-/m1/s1. The molecular weight excluding hydrogens is 283 g/mol. The molecule has 1 saturated heterocycles. The average molecular weight is 298 g/mol. The van der Waals surface area contributed by atoms with Crippen molar-refractivity contribution in [1.29, 1.82) is 0 Å². The molecule has 3 rings (SSSR count). The molecule has 0 bridgehead atoms. The molecule has 2 aromatic carbocycles. The van der Waals surface area contributed by atoms with Gasteiger partial charge in [0.05, 0.1) is 6.54 Å². The summed E-state index contributed by atoms with van der Waals surface area (Å²) in [5.41, 5.74) is 1.57. The number of benzene rings is 2. The van der Waals surface area contributed by atoms with Gasteiger partial charge in [0, 0.05) is 6.42 Å². The van der Waals surface area contributed by atoms with E-state index in [1.807, 2.05) is 30.3 Å². The molecule has 1 fully saturated rings. The summed E-state index contributed by atoms with van der Waals surface area (Å²) in [5, 5.41) is 2.68. The minimum absolute atomic E-state index is 0.0771. The first kappa shape index (κ1) is 14.3. The van der Waals surface area contributed by atoms with E-state index in [0.717, 1.165) is 10.5 Å². The van der Waals surface area contributed by atoms with Gasteiger partial charge in [0.1, 0.15) is 11.9 Å². The summed E-state index contributed by atoms with van der Waals surface area (Å²) < 4.78 is 13.2. The lowest BCUT2D eigenvalue weighted by molar-refractivity contribution is -0.127. The molecule has 1 atom stereocenters. The van der Waals surface area contributed by atoms with E-state index in [-0.39, 0.29) is 18.3 Å². The first-order valence-electron chi connectivity index (χ1n) is 7.04. The number of halogens is 1. The predicted molar refractivity (Wildman–Crippen MR) is 79.4 cm³/mol. The molecule has 112 valence electrons. The van der Waals surface area contributed by atoms with Crippen molar-refractivity contribution in [2.75, 3.05) is 0 Å². The van der Waals surface area contributed by atoms with Gasteiger partial charge in [0.2, 0.25) is 0 Å². The van der Waals surface area contributed by atoms with Gasteiger partial charge in [-0.25, -0.2) is 9.18 Å². The molecule has 4 nitrogen and oxygen atoms in total. The van der Waals surface area contributed by atoms with Gasteiger partial charge in [-0.2, -0.15) is 0 Å². The molecule has 0 saturated carbocycles. The summed E-state index contributed by atoms with van der Waals surface area (Å²) in [6, 6.07) is 14.4. The third-order valence-corrected chi connectivity index (χ3v) is 3.62. The van der Waals surface area contributed by atoms with Crippen molar-refractivity contribution in [3.05, 3.63) is 71.5 Å². The van der Waals surface area contributed by atoms with Crippen molar-refractivity contribution >= 4 is 11.9 Å². The summed E-state index contributed by atoms with van der Waals surface area (Å²) in [7, 11) is 0. The smallest absolute Gasteiger partial charge is 0.325 e. The summed E-state index contributed by atoms with van der Waals surface area (Å²) in [6.07, 6.45) is 0.449. The Morgan fingerprint density at radius 3 is 2.45 bits per heavy atom. The molecule has 1 aliphatic heterocycles. The quantitative estimate of drug-likeness (QED) is 0.882. The van der Waals surface area contributed by atoms with Crippen molar-refractivity contribution in [3.63, 3.8) is 0 Å². The normalized spacial score (nSPS) is 17.7. The van der Waals surface area contributed by atoms with Crippen LogP contribution < -0.4 is 5.32 Å². The second-order valence-electron chi connectivity index (χ2n) is 5.25. The number of amides is 3. The zero-order chi connectivity index (χ0) is 15.5. The highest BCUT2D eigenvalue weighted by molar-refractivity contribution is 6.04. The van der Waals surface area contributed by atoms with E-state index >= 15 is 0 Å². The van der Waals surface area contributed by atoms with Crippen LogP contribution in [0.5, 0.6) is 0 Å². The number of hydrogen-bond donors (Lipinski definition) is 1. The highest BCUT2D eigenvalue weighted by Gasteiger charge is 2.37. The van der Waals surface area contributed by atoms with Gasteiger partial charge < -0.3 is 5.32 Å². The van der Waals surface area contributed by atoms with Crippen LogP contribution in [0.25, 0.3) is 0 Å². The Kier molecular flexibility index (Phi) is 3.87. The maximum absolute atomic E-state index is 13.2. The first-order valence-corrected chi connectivity index (χ1v) is 7.04. The third kappa shape index (κ3) is 2.98. The van der Waals surface area contributed by atoms with Crippen LogP contribution in [-0.4, -0.2) is 22.9 Å². The number of nitrogens with zero attached hydrogens (tertiary/aromatic N) is 1. The van der Waals surface area contributed by atoms with Gasteiger partial charge >= 0.3 is 6.03 Å². The highest BCUT2D eigenvalue weighted by atomic mass is 19.1. The Morgan fingerprint density at radius 2 is 1.73 bits per heavy atom. The molecule has 1 N–H and O–H groups in total. The molecule has 0 radical (unpaired) electrons. The van der Waals surface area contributed by atoms with Gasteiger partial charge in [0.25, 0.3) is 5.91 Å². The molecule has 0 aliphatic carbocycles. The number of nitrogens with one attached hydrogen (secondary N) is 1. The van der Waals surface area contributed by atoms with Crippen LogP contribution in [0, 0.1) is 5.82 Å². The van der Waals surface area contributed by atoms with Gasteiger partial charge in [-0.15, -0.1) is 0 Å². The minimum atomic E-state index is -0.566. The molecule has 1 heterocycles. The van der Waals surface area contributed by atoms with Gasteiger partial charge in [-0.05, 0) is 23.3 Å². The van der Waals surface area contributed by atoms with Crippen LogP contribution in [-0.2, 0) is 17.8 Å². The maximum Gasteiger partial charge on any atom is 0.325 e. The number of imide groups is 1. The average Bonchev–Trinajstić information content (AvgIpc) is 2.76. The van der Waals surface area contributed by atoms with Crippen molar-refractivity contribution in [2.45, 2.75) is 19.0 Å². The summed E-state index contributed by atoms with van der Waals surface area (Å²) >= 11 is 0. The lowest BCUT2D eigenvalue weighted by Gasteiger charge is -2.13. The van der Waals surface area contributed by atoms with Crippen LogP contribution >= 0.6 is 0 Å². The largest absolute Gasteiger partial charge is 0.325 e. The topological polar surface area (TPSA) is 49.4 Å². The summed E-state index contributed by atoms with van der Waals surface area (Å²) in [4.78, 5) is 25.5. The number of carbonyl (C=O) groups excluding carboxylic acids is 2. The number of rotatable bonds is 4. The second-order valence-corrected chi connectivity index (χ2v) is 5.25. The number of carbonyl (C=O) groups is 2. The Balaban J connectivity index is 1.71. The second kappa shape index (κ2) is 5.97. The Bertz CT molecular complexity index is 703. The van der Waals surface area contributed by atoms with E-state index in [0.29, 0.717) is 12.0 Å². The molecule has 3 amide bonds. The summed E-state index contributed by atoms with van der Waals surface area (Å²) in [5.74, 6) is -0.663. The molecule has 2 aromatic rings. The van der Waals surface area contributed by atoms with Crippen molar-refractivity contribution in [1.82, 2.24) is 10.2 Å². The molecule has 0 aromatic heterocycles. The van der Waals surface area contributed by atoms with Crippen molar-refractivity contribution in [3.8, 4) is 0 Å². The van der Waals surface area contributed by atoms with Crippen LogP contribution in [0.15, 0.2) is 54.6 Å². The van der Waals surface area contributed by atoms with Gasteiger partial charge in [-0.3, -0.25) is 9.69 Å². The van der Waals surface area contributed by atoms with Crippen LogP contribution in [0.2, 0.25) is 0 Å². The highest BCUT2D eigenvalue weighted by Crippen LogP contribution is 2.16. The van der Waals surface area contributed by atoms with Crippen molar-refractivity contribution in [2.24, 2.45) is 0 Å². The fourth-order valence-electron chi connectivity index (χ4n) is 2.53. The SMILES string of the molecule is O=C1N[C@H](Cc2ccccc2)C(=O)N1Cc1cccc(F)c1. The Morgan fingerprint density at radius 1 is 1.00 bits per heavy atom. The first-order chi connectivity index (χ1) is 10.6. The Labute approximate surface area is 127 Å². The number of hydrogen-bond acceptors (Lipinski definition) is 2. The zero-order valence-electron chi connectivity index (χ0n) is 11.8.